The smallest absolute Gasteiger partial charge is 0.363 e. The number of carboxylic acid groups (broad SMARTS) is 1. The summed E-state index contributed by atoms with van der Waals surface area (Å²) in [7, 11) is 1.15. The number of rotatable bonds is 9. The van der Waals surface area contributed by atoms with Crippen molar-refractivity contribution < 1.29 is 33.8 Å². The Hall–Kier alpha value is -3.63. The lowest BCUT2D eigenvalue weighted by Gasteiger charge is -2.41. The lowest BCUT2D eigenvalue weighted by Crippen LogP contribution is -2.72. The molecule has 0 saturated heterocycles. The fraction of sp³-hybridized carbons (Fsp3) is 0.375. The molecule has 1 aliphatic heterocycles. The Balaban J connectivity index is 2.00. The second kappa shape index (κ2) is 12.3. The van der Waals surface area contributed by atoms with Crippen molar-refractivity contribution in [3.8, 4) is 0 Å². The number of esters is 1. The molecule has 1 aliphatic rings. The number of amides is 1. The summed E-state index contributed by atoms with van der Waals surface area (Å²) in [5, 5.41) is 11.9. The van der Waals surface area contributed by atoms with Crippen LogP contribution in [-0.4, -0.2) is 55.0 Å². The zero-order valence-electron chi connectivity index (χ0n) is 24.3. The Kier molecular flexibility index (Phi) is 9.18. The van der Waals surface area contributed by atoms with E-state index in [0.717, 1.165) is 23.4 Å². The zero-order chi connectivity index (χ0) is 30.8. The second-order valence-electron chi connectivity index (χ2n) is 11.8. The molecule has 1 heterocycles. The molecule has 0 spiro atoms. The predicted octanol–water partition coefficient (Wildman–Crippen LogP) is 5.22. The third-order valence-electron chi connectivity index (χ3n) is 7.43. The van der Waals surface area contributed by atoms with E-state index in [1.807, 2.05) is 63.2 Å². The number of nitrogens with one attached hydrogen (secondary N) is 1. The molecule has 0 aromatic heterocycles. The number of carbonyl (C=O) groups excluding carboxylic acids is 3. The van der Waals surface area contributed by atoms with Crippen LogP contribution >= 0.6 is 11.6 Å². The first-order valence-corrected chi connectivity index (χ1v) is 14.0. The summed E-state index contributed by atoms with van der Waals surface area (Å²) in [5.41, 5.74) is 4.55. The van der Waals surface area contributed by atoms with E-state index in [9.17, 15) is 24.3 Å². The number of carboxylic acids is 1. The Morgan fingerprint density at radius 2 is 1.79 bits per heavy atom. The van der Waals surface area contributed by atoms with Gasteiger partial charge in [0.1, 0.15) is 18.4 Å². The van der Waals surface area contributed by atoms with E-state index in [4.69, 9.17) is 21.1 Å². The minimum absolute atomic E-state index is 0.136. The highest BCUT2D eigenvalue weighted by Crippen LogP contribution is 2.43. The molecule has 222 valence electrons. The fourth-order valence-electron chi connectivity index (χ4n) is 5.74. The minimum atomic E-state index is -1.45. The SMILES string of the molecule is COC(=O)[C@@H](N[N@+]1(CC(C)(C)C)C(=O)CO[C@H](c2cccc3ccccc23)c2cc(Cl)ccc21)C(CC(=O)O)C(C)=O. The molecule has 1 amide bonds. The summed E-state index contributed by atoms with van der Waals surface area (Å²) in [4.78, 5) is 52.1. The maximum absolute atomic E-state index is 14.4. The zero-order valence-corrected chi connectivity index (χ0v) is 25.1. The van der Waals surface area contributed by atoms with Gasteiger partial charge in [-0.05, 0) is 35.4 Å². The number of ketones is 1. The number of quaternary nitrogens is 1. The molecule has 9 nitrogen and oxygen atoms in total. The molecule has 4 rings (SSSR count). The third-order valence-corrected chi connectivity index (χ3v) is 7.67. The van der Waals surface area contributed by atoms with Crippen LogP contribution in [0.4, 0.5) is 5.69 Å². The molecule has 0 aliphatic carbocycles. The van der Waals surface area contributed by atoms with E-state index in [-0.39, 0.29) is 13.2 Å². The number of hydrogen-bond donors (Lipinski definition) is 2. The summed E-state index contributed by atoms with van der Waals surface area (Å²) in [6, 6.07) is 17.4. The van der Waals surface area contributed by atoms with Gasteiger partial charge in [-0.2, -0.15) is 0 Å². The number of aliphatic carboxylic acids is 1. The van der Waals surface area contributed by atoms with Crippen molar-refractivity contribution in [2.45, 2.75) is 46.3 Å². The van der Waals surface area contributed by atoms with Gasteiger partial charge in [-0.15, -0.1) is 10.0 Å². The van der Waals surface area contributed by atoms with Crippen LogP contribution in [0.25, 0.3) is 10.8 Å². The van der Waals surface area contributed by atoms with Crippen molar-refractivity contribution in [1.82, 2.24) is 10.0 Å². The normalized spacial score (nSPS) is 20.3. The molecule has 10 heteroatoms. The number of ether oxygens (including phenoxy) is 2. The van der Waals surface area contributed by atoms with E-state index < -0.39 is 58.1 Å². The predicted molar refractivity (Wildman–Crippen MR) is 160 cm³/mol. The van der Waals surface area contributed by atoms with Crippen LogP contribution in [0.5, 0.6) is 0 Å². The molecule has 3 aromatic rings. The lowest BCUT2D eigenvalue weighted by atomic mass is 9.90. The molecule has 0 saturated carbocycles. The van der Waals surface area contributed by atoms with Crippen LogP contribution in [0.15, 0.2) is 60.7 Å². The number of Topliss-reactive ketones (excluding diaryl/α,β-unsaturated/α-hetero) is 1. The van der Waals surface area contributed by atoms with Gasteiger partial charge in [-0.25, -0.2) is 4.79 Å². The van der Waals surface area contributed by atoms with Crippen molar-refractivity contribution in [1.29, 1.82) is 0 Å². The van der Waals surface area contributed by atoms with Gasteiger partial charge in [-0.1, -0.05) is 74.8 Å². The number of fused-ring (bicyclic) bond motifs is 2. The first-order valence-electron chi connectivity index (χ1n) is 13.7. The van der Waals surface area contributed by atoms with Crippen LogP contribution in [0, 0.1) is 11.3 Å². The summed E-state index contributed by atoms with van der Waals surface area (Å²) in [6.07, 6.45) is -1.33. The average molecular weight is 596 g/mol. The standard InChI is InChI=1S/C32H35ClN2O7/c1-19(36)24(16-28(38)39)29(31(40)41-5)34-35(18-32(2,3)4)26-14-13-21(33)15-25(26)30(42-17-27(35)37)23-12-8-10-20-9-6-7-11-22(20)23/h6-15,24,29-30,34H,16-18H2,1-5H3/p+1/t24?,29-,30+,35-/m0/s1. The van der Waals surface area contributed by atoms with Crippen LogP contribution in [0.1, 0.15) is 51.3 Å². The van der Waals surface area contributed by atoms with Gasteiger partial charge in [0.25, 0.3) is 0 Å². The molecule has 0 radical (unpaired) electrons. The molecule has 3 aromatic carbocycles. The van der Waals surface area contributed by atoms with Crippen molar-refractivity contribution >= 4 is 51.7 Å². The number of carbonyl (C=O) groups is 4. The number of nitrogens with zero attached hydrogens (tertiary/aromatic N) is 1. The van der Waals surface area contributed by atoms with Gasteiger partial charge in [0.05, 0.1) is 25.0 Å². The van der Waals surface area contributed by atoms with Gasteiger partial charge >= 0.3 is 17.8 Å². The Morgan fingerprint density at radius 3 is 2.43 bits per heavy atom. The third kappa shape index (κ3) is 6.39. The lowest BCUT2D eigenvalue weighted by molar-refractivity contribution is -0.154. The van der Waals surface area contributed by atoms with E-state index >= 15 is 0 Å². The number of hydrogen-bond acceptors (Lipinski definition) is 7. The van der Waals surface area contributed by atoms with Crippen molar-refractivity contribution in [2.24, 2.45) is 11.3 Å². The molecule has 1 unspecified atom stereocenters. The highest BCUT2D eigenvalue weighted by atomic mass is 35.5. The highest BCUT2D eigenvalue weighted by Gasteiger charge is 2.52. The van der Waals surface area contributed by atoms with Gasteiger partial charge in [0.15, 0.2) is 18.3 Å². The number of halogens is 1. The van der Waals surface area contributed by atoms with Crippen molar-refractivity contribution in [3.63, 3.8) is 0 Å². The molecular weight excluding hydrogens is 560 g/mol. The van der Waals surface area contributed by atoms with Gasteiger partial charge in [-0.3, -0.25) is 14.4 Å². The Morgan fingerprint density at radius 1 is 1.10 bits per heavy atom. The molecule has 4 atom stereocenters. The van der Waals surface area contributed by atoms with Crippen LogP contribution in [-0.2, 0) is 28.7 Å². The van der Waals surface area contributed by atoms with Gasteiger partial charge < -0.3 is 14.6 Å². The molecule has 0 fully saturated rings. The largest absolute Gasteiger partial charge is 0.481 e. The summed E-state index contributed by atoms with van der Waals surface area (Å²) < 4.78 is 10.8. The maximum atomic E-state index is 14.4. The summed E-state index contributed by atoms with van der Waals surface area (Å²) in [6.45, 7) is 6.84. The fourth-order valence-corrected chi connectivity index (χ4v) is 5.92. The van der Waals surface area contributed by atoms with Crippen LogP contribution < -0.4 is 10.0 Å². The number of methoxy groups -OCH3 is 1. The topological polar surface area (TPSA) is 119 Å². The Bertz CT molecular complexity index is 1530. The minimum Gasteiger partial charge on any atom is -0.481 e. The maximum Gasteiger partial charge on any atom is 0.363 e. The van der Waals surface area contributed by atoms with E-state index in [1.165, 1.54) is 6.92 Å². The van der Waals surface area contributed by atoms with Crippen molar-refractivity contribution in [2.75, 3.05) is 20.3 Å². The molecule has 0 bridgehead atoms. The molecule has 42 heavy (non-hydrogen) atoms. The first-order chi connectivity index (χ1) is 19.8. The van der Waals surface area contributed by atoms with E-state index in [0.29, 0.717) is 16.3 Å². The molecular formula is C32H36ClN2O7+. The van der Waals surface area contributed by atoms with E-state index in [2.05, 4.69) is 5.43 Å². The monoisotopic (exact) mass is 595 g/mol. The quantitative estimate of drug-likeness (QED) is 0.255. The Labute approximate surface area is 249 Å². The van der Waals surface area contributed by atoms with Gasteiger partial charge in [0, 0.05) is 16.5 Å². The highest BCUT2D eigenvalue weighted by molar-refractivity contribution is 6.30. The van der Waals surface area contributed by atoms with Crippen LogP contribution in [0.2, 0.25) is 5.02 Å². The summed E-state index contributed by atoms with van der Waals surface area (Å²) >= 11 is 6.54. The first kappa shape index (κ1) is 31.3. The summed E-state index contributed by atoms with van der Waals surface area (Å²) in [5.74, 6) is -4.38. The van der Waals surface area contributed by atoms with Crippen LogP contribution in [0.3, 0.4) is 0 Å². The van der Waals surface area contributed by atoms with Crippen molar-refractivity contribution in [3.05, 3.63) is 76.8 Å². The second-order valence-corrected chi connectivity index (χ2v) is 12.3. The number of benzene rings is 3. The van der Waals surface area contributed by atoms with Gasteiger partial charge in [0.2, 0.25) is 0 Å². The van der Waals surface area contributed by atoms with E-state index in [1.54, 1.807) is 18.2 Å². The molecule has 2 N–H and O–H groups in total. The average Bonchev–Trinajstić information content (AvgIpc) is 3.03.